The van der Waals surface area contributed by atoms with Gasteiger partial charge in [-0.05, 0) is 37.8 Å². The molecule has 0 unspecified atom stereocenters. The molecule has 0 saturated carbocycles. The SMILES string of the molecule is O=C(O)c1cnc(-n2nc(S(=O)(=O)c3c(Cl)cccc3Cl)c3c2CCCC3)nc1. The molecule has 1 N–H and O–H groups in total. The van der Waals surface area contributed by atoms with Gasteiger partial charge < -0.3 is 5.11 Å². The molecule has 29 heavy (non-hydrogen) atoms. The van der Waals surface area contributed by atoms with E-state index in [9.17, 15) is 13.2 Å². The van der Waals surface area contributed by atoms with E-state index >= 15 is 0 Å². The first-order valence-corrected chi connectivity index (χ1v) is 10.9. The number of sulfone groups is 1. The third kappa shape index (κ3) is 3.39. The summed E-state index contributed by atoms with van der Waals surface area (Å²) in [5.74, 6) is -1.06. The zero-order chi connectivity index (χ0) is 20.8. The number of rotatable bonds is 4. The fourth-order valence-electron chi connectivity index (χ4n) is 3.32. The molecule has 0 spiro atoms. The van der Waals surface area contributed by atoms with Crippen molar-refractivity contribution in [1.82, 2.24) is 19.7 Å². The number of aromatic carboxylic acids is 1. The van der Waals surface area contributed by atoms with Crippen molar-refractivity contribution in [2.45, 2.75) is 35.6 Å². The molecule has 3 aromatic rings. The molecule has 0 aliphatic heterocycles. The van der Waals surface area contributed by atoms with E-state index in [2.05, 4.69) is 15.1 Å². The Balaban J connectivity index is 1.91. The molecule has 0 radical (unpaired) electrons. The van der Waals surface area contributed by atoms with Gasteiger partial charge >= 0.3 is 5.97 Å². The number of benzene rings is 1. The van der Waals surface area contributed by atoms with Crippen LogP contribution in [0.3, 0.4) is 0 Å². The van der Waals surface area contributed by atoms with Crippen LogP contribution in [-0.2, 0) is 22.7 Å². The van der Waals surface area contributed by atoms with Gasteiger partial charge in [0, 0.05) is 18.0 Å². The van der Waals surface area contributed by atoms with Gasteiger partial charge in [-0.3, -0.25) is 0 Å². The highest BCUT2D eigenvalue weighted by molar-refractivity contribution is 7.91. The van der Waals surface area contributed by atoms with Crippen LogP contribution >= 0.6 is 23.2 Å². The van der Waals surface area contributed by atoms with Crippen molar-refractivity contribution < 1.29 is 18.3 Å². The molecular formula is C18H14Cl2N4O4S. The van der Waals surface area contributed by atoms with Crippen molar-refractivity contribution in [1.29, 1.82) is 0 Å². The molecule has 0 amide bonds. The Morgan fingerprint density at radius 1 is 1.07 bits per heavy atom. The summed E-state index contributed by atoms with van der Waals surface area (Å²) in [4.78, 5) is 18.9. The van der Waals surface area contributed by atoms with Crippen molar-refractivity contribution in [3.05, 3.63) is 57.5 Å². The number of nitrogens with zero attached hydrogens (tertiary/aromatic N) is 4. The fourth-order valence-corrected chi connectivity index (χ4v) is 5.91. The third-order valence-electron chi connectivity index (χ3n) is 4.66. The van der Waals surface area contributed by atoms with Crippen LogP contribution in [-0.4, -0.2) is 39.2 Å². The number of hydrogen-bond acceptors (Lipinski definition) is 6. The number of halogens is 2. The Labute approximate surface area is 176 Å². The summed E-state index contributed by atoms with van der Waals surface area (Å²) in [6.45, 7) is 0. The largest absolute Gasteiger partial charge is 0.478 e. The number of carbonyl (C=O) groups is 1. The van der Waals surface area contributed by atoms with E-state index in [1.165, 1.54) is 16.8 Å². The maximum atomic E-state index is 13.4. The Morgan fingerprint density at radius 2 is 1.69 bits per heavy atom. The van der Waals surface area contributed by atoms with Crippen LogP contribution < -0.4 is 0 Å². The van der Waals surface area contributed by atoms with Gasteiger partial charge in [0.2, 0.25) is 9.84 Å². The minimum Gasteiger partial charge on any atom is -0.478 e. The third-order valence-corrected chi connectivity index (χ3v) is 7.33. The van der Waals surface area contributed by atoms with Gasteiger partial charge in [-0.25, -0.2) is 27.9 Å². The molecule has 0 fully saturated rings. The quantitative estimate of drug-likeness (QED) is 0.644. The minimum absolute atomic E-state index is 0.0127. The first-order valence-electron chi connectivity index (χ1n) is 8.66. The van der Waals surface area contributed by atoms with Gasteiger partial charge in [-0.15, -0.1) is 0 Å². The molecule has 1 aromatic carbocycles. The van der Waals surface area contributed by atoms with Gasteiger partial charge in [0.05, 0.1) is 21.3 Å². The lowest BCUT2D eigenvalue weighted by atomic mass is 9.98. The lowest BCUT2D eigenvalue weighted by Crippen LogP contribution is -2.11. The van der Waals surface area contributed by atoms with E-state index in [0.29, 0.717) is 24.1 Å². The number of hydrogen-bond donors (Lipinski definition) is 1. The van der Waals surface area contributed by atoms with Crippen molar-refractivity contribution >= 4 is 39.0 Å². The molecule has 0 bridgehead atoms. The summed E-state index contributed by atoms with van der Waals surface area (Å²) in [7, 11) is -4.10. The Hall–Kier alpha value is -2.49. The molecule has 8 nitrogen and oxygen atoms in total. The van der Waals surface area contributed by atoms with E-state index < -0.39 is 15.8 Å². The molecule has 2 heterocycles. The maximum absolute atomic E-state index is 13.4. The molecule has 1 aliphatic carbocycles. The highest BCUT2D eigenvalue weighted by atomic mass is 35.5. The van der Waals surface area contributed by atoms with Crippen LogP contribution in [0.25, 0.3) is 5.95 Å². The molecule has 0 atom stereocenters. The summed E-state index contributed by atoms with van der Waals surface area (Å²) in [6, 6.07) is 4.48. The van der Waals surface area contributed by atoms with Crippen molar-refractivity contribution in [3.8, 4) is 5.95 Å². The van der Waals surface area contributed by atoms with Crippen LogP contribution in [0.1, 0.15) is 34.5 Å². The lowest BCUT2D eigenvalue weighted by molar-refractivity contribution is 0.0696. The van der Waals surface area contributed by atoms with E-state index in [0.717, 1.165) is 25.2 Å². The van der Waals surface area contributed by atoms with E-state index in [1.807, 2.05) is 0 Å². The smallest absolute Gasteiger partial charge is 0.338 e. The summed E-state index contributed by atoms with van der Waals surface area (Å²) in [6.07, 6.45) is 5.10. The Bertz CT molecular complexity index is 1200. The number of carboxylic acid groups (broad SMARTS) is 1. The predicted octanol–water partition coefficient (Wildman–Crippen LogP) is 3.38. The maximum Gasteiger partial charge on any atom is 0.338 e. The van der Waals surface area contributed by atoms with Crippen LogP contribution in [0.4, 0.5) is 0 Å². The average molecular weight is 453 g/mol. The zero-order valence-electron chi connectivity index (χ0n) is 14.8. The second kappa shape index (κ2) is 7.40. The van der Waals surface area contributed by atoms with Gasteiger partial charge in [0.1, 0.15) is 4.90 Å². The van der Waals surface area contributed by atoms with Gasteiger partial charge in [-0.1, -0.05) is 29.3 Å². The summed E-state index contributed by atoms with van der Waals surface area (Å²) in [5.41, 5.74) is 1.18. The number of carboxylic acids is 1. The van der Waals surface area contributed by atoms with Gasteiger partial charge in [0.15, 0.2) is 5.03 Å². The second-order valence-corrected chi connectivity index (χ2v) is 9.10. The molecular weight excluding hydrogens is 439 g/mol. The standard InChI is InChI=1S/C18H14Cl2N4O4S/c19-12-5-3-6-13(20)15(12)29(27,28)16-11-4-1-2-7-14(11)24(23-16)18-21-8-10(9-22-18)17(25)26/h3,5-6,8-9H,1-2,4,7H2,(H,25,26). The predicted molar refractivity (Wildman–Crippen MR) is 105 cm³/mol. The van der Waals surface area contributed by atoms with E-state index in [4.69, 9.17) is 28.3 Å². The van der Waals surface area contributed by atoms with E-state index in [1.54, 1.807) is 6.07 Å². The topological polar surface area (TPSA) is 115 Å². The normalized spacial score (nSPS) is 13.9. The fraction of sp³-hybridized carbons (Fsp3) is 0.222. The summed E-state index contributed by atoms with van der Waals surface area (Å²) in [5, 5.41) is 13.2. The minimum atomic E-state index is -4.10. The van der Waals surface area contributed by atoms with Crippen LogP contribution in [0.15, 0.2) is 40.5 Å². The van der Waals surface area contributed by atoms with Crippen LogP contribution in [0, 0.1) is 0 Å². The summed E-state index contributed by atoms with van der Waals surface area (Å²) >= 11 is 12.3. The molecule has 4 rings (SSSR count). The lowest BCUT2D eigenvalue weighted by Gasteiger charge is -2.14. The average Bonchev–Trinajstić information content (AvgIpc) is 3.08. The Morgan fingerprint density at radius 3 is 2.31 bits per heavy atom. The molecule has 150 valence electrons. The van der Waals surface area contributed by atoms with Crippen molar-refractivity contribution in [2.75, 3.05) is 0 Å². The molecule has 2 aromatic heterocycles. The number of aromatic nitrogens is 4. The van der Waals surface area contributed by atoms with E-state index in [-0.39, 0.29) is 31.5 Å². The molecule has 1 aliphatic rings. The first kappa shape index (κ1) is 19.8. The van der Waals surface area contributed by atoms with Crippen molar-refractivity contribution in [2.24, 2.45) is 0 Å². The highest BCUT2D eigenvalue weighted by Gasteiger charge is 2.34. The van der Waals surface area contributed by atoms with Crippen molar-refractivity contribution in [3.63, 3.8) is 0 Å². The van der Waals surface area contributed by atoms with Crippen LogP contribution in [0.2, 0.25) is 10.0 Å². The molecule has 11 heteroatoms. The first-order chi connectivity index (χ1) is 13.8. The monoisotopic (exact) mass is 452 g/mol. The Kier molecular flexibility index (Phi) is 5.05. The van der Waals surface area contributed by atoms with Crippen LogP contribution in [0.5, 0.6) is 0 Å². The highest BCUT2D eigenvalue weighted by Crippen LogP contribution is 2.37. The second-order valence-electron chi connectivity index (χ2n) is 6.48. The zero-order valence-corrected chi connectivity index (χ0v) is 17.2. The van der Waals surface area contributed by atoms with Gasteiger partial charge in [-0.2, -0.15) is 5.10 Å². The number of fused-ring (bicyclic) bond motifs is 1. The van der Waals surface area contributed by atoms with Gasteiger partial charge in [0.25, 0.3) is 5.95 Å². The molecule has 0 saturated heterocycles. The summed E-state index contributed by atoms with van der Waals surface area (Å²) < 4.78 is 28.1.